The summed E-state index contributed by atoms with van der Waals surface area (Å²) in [5, 5.41) is 3.60. The summed E-state index contributed by atoms with van der Waals surface area (Å²) in [6.07, 6.45) is 7.44. The highest BCUT2D eigenvalue weighted by Crippen LogP contribution is 2.51. The van der Waals surface area contributed by atoms with Crippen LogP contribution in [0.4, 0.5) is 0 Å². The van der Waals surface area contributed by atoms with E-state index in [9.17, 15) is 4.79 Å². The summed E-state index contributed by atoms with van der Waals surface area (Å²) in [4.78, 5) is 12.3. The van der Waals surface area contributed by atoms with Crippen LogP contribution in [0.1, 0.15) is 45.4 Å². The molecule has 0 aliphatic heterocycles. The zero-order chi connectivity index (χ0) is 11.9. The Labute approximate surface area is 103 Å². The molecule has 96 valence electrons. The Hall–Kier alpha value is -0.570. The average Bonchev–Trinajstić information content (AvgIpc) is 2.94. The SMILES string of the molecule is CCOC(=O)C1(NCC2CC2)CC2CCC1C2. The van der Waals surface area contributed by atoms with E-state index in [1.54, 1.807) is 0 Å². The fraction of sp³-hybridized carbons (Fsp3) is 0.929. The van der Waals surface area contributed by atoms with E-state index in [1.165, 1.54) is 32.1 Å². The number of carbonyl (C=O) groups excluding carboxylic acids is 1. The number of ether oxygens (including phenoxy) is 1. The Morgan fingerprint density at radius 2 is 2.18 bits per heavy atom. The number of carbonyl (C=O) groups is 1. The highest BCUT2D eigenvalue weighted by molar-refractivity contribution is 5.82. The molecule has 0 aromatic carbocycles. The van der Waals surface area contributed by atoms with Gasteiger partial charge >= 0.3 is 5.97 Å². The van der Waals surface area contributed by atoms with Gasteiger partial charge in [-0.25, -0.2) is 0 Å². The van der Waals surface area contributed by atoms with Crippen LogP contribution in [0, 0.1) is 17.8 Å². The van der Waals surface area contributed by atoms with Gasteiger partial charge in [-0.3, -0.25) is 4.79 Å². The molecule has 17 heavy (non-hydrogen) atoms. The van der Waals surface area contributed by atoms with Crippen molar-refractivity contribution in [2.75, 3.05) is 13.2 Å². The second kappa shape index (κ2) is 4.27. The molecule has 3 fully saturated rings. The molecule has 3 rings (SSSR count). The third-order valence-electron chi connectivity index (χ3n) is 4.89. The van der Waals surface area contributed by atoms with E-state index in [4.69, 9.17) is 4.74 Å². The standard InChI is InChI=1S/C14H23NO2/c1-2-17-13(16)14(15-9-10-3-4-10)8-11-5-6-12(14)7-11/h10-12,15H,2-9H2,1H3. The molecule has 2 bridgehead atoms. The molecule has 0 heterocycles. The maximum Gasteiger partial charge on any atom is 0.326 e. The number of fused-ring (bicyclic) bond motifs is 2. The summed E-state index contributed by atoms with van der Waals surface area (Å²) in [5.41, 5.74) is -0.318. The van der Waals surface area contributed by atoms with Crippen LogP contribution >= 0.6 is 0 Å². The molecule has 0 spiro atoms. The molecular formula is C14H23NO2. The predicted octanol–water partition coefficient (Wildman–Crippen LogP) is 2.11. The van der Waals surface area contributed by atoms with Crippen LogP contribution < -0.4 is 5.32 Å². The van der Waals surface area contributed by atoms with Crippen molar-refractivity contribution in [3.05, 3.63) is 0 Å². The lowest BCUT2D eigenvalue weighted by atomic mass is 9.80. The Kier molecular flexibility index (Phi) is 2.89. The van der Waals surface area contributed by atoms with E-state index in [2.05, 4.69) is 5.32 Å². The Morgan fingerprint density at radius 3 is 2.71 bits per heavy atom. The lowest BCUT2D eigenvalue weighted by molar-refractivity contribution is -0.153. The minimum Gasteiger partial charge on any atom is -0.465 e. The number of nitrogens with one attached hydrogen (secondary N) is 1. The maximum atomic E-state index is 12.3. The number of esters is 1. The first kappa shape index (κ1) is 11.5. The quantitative estimate of drug-likeness (QED) is 0.744. The molecule has 0 aromatic rings. The van der Waals surface area contributed by atoms with Gasteiger partial charge in [-0.1, -0.05) is 6.42 Å². The lowest BCUT2D eigenvalue weighted by Crippen LogP contribution is -2.57. The summed E-state index contributed by atoms with van der Waals surface area (Å²) in [6.45, 7) is 3.42. The summed E-state index contributed by atoms with van der Waals surface area (Å²) in [5.74, 6) is 2.13. The third kappa shape index (κ3) is 1.99. The summed E-state index contributed by atoms with van der Waals surface area (Å²) < 4.78 is 5.33. The van der Waals surface area contributed by atoms with Crippen molar-refractivity contribution in [3.63, 3.8) is 0 Å². The van der Waals surface area contributed by atoms with Crippen molar-refractivity contribution >= 4 is 5.97 Å². The first-order chi connectivity index (χ1) is 8.24. The largest absolute Gasteiger partial charge is 0.465 e. The van der Waals surface area contributed by atoms with E-state index >= 15 is 0 Å². The average molecular weight is 237 g/mol. The van der Waals surface area contributed by atoms with Gasteiger partial charge in [0.2, 0.25) is 0 Å². The summed E-state index contributed by atoms with van der Waals surface area (Å²) in [6, 6.07) is 0. The Morgan fingerprint density at radius 1 is 1.35 bits per heavy atom. The third-order valence-corrected chi connectivity index (χ3v) is 4.89. The van der Waals surface area contributed by atoms with E-state index < -0.39 is 0 Å². The fourth-order valence-electron chi connectivity index (χ4n) is 3.78. The summed E-state index contributed by atoms with van der Waals surface area (Å²) in [7, 11) is 0. The minimum atomic E-state index is -0.318. The van der Waals surface area contributed by atoms with Gasteiger partial charge in [0, 0.05) is 0 Å². The highest BCUT2D eigenvalue weighted by Gasteiger charge is 2.56. The van der Waals surface area contributed by atoms with Crippen LogP contribution in [-0.2, 0) is 9.53 Å². The Bertz CT molecular complexity index is 313. The van der Waals surface area contributed by atoms with E-state index in [-0.39, 0.29) is 11.5 Å². The molecule has 3 unspecified atom stereocenters. The van der Waals surface area contributed by atoms with Crippen LogP contribution in [0.15, 0.2) is 0 Å². The van der Waals surface area contributed by atoms with Gasteiger partial charge in [0.05, 0.1) is 6.61 Å². The topological polar surface area (TPSA) is 38.3 Å². The van der Waals surface area contributed by atoms with Crippen LogP contribution in [0.2, 0.25) is 0 Å². The van der Waals surface area contributed by atoms with Crippen LogP contribution in [0.5, 0.6) is 0 Å². The summed E-state index contributed by atoms with van der Waals surface area (Å²) >= 11 is 0. The van der Waals surface area contributed by atoms with E-state index in [0.717, 1.165) is 24.8 Å². The fourth-order valence-corrected chi connectivity index (χ4v) is 3.78. The molecular weight excluding hydrogens is 214 g/mol. The zero-order valence-corrected chi connectivity index (χ0v) is 10.7. The molecule has 1 N–H and O–H groups in total. The molecule has 0 saturated heterocycles. The monoisotopic (exact) mass is 237 g/mol. The number of hydrogen-bond acceptors (Lipinski definition) is 3. The van der Waals surface area contributed by atoms with Crippen LogP contribution in [0.25, 0.3) is 0 Å². The second-order valence-electron chi connectivity index (χ2n) is 6.10. The van der Waals surface area contributed by atoms with Gasteiger partial charge in [0.1, 0.15) is 5.54 Å². The highest BCUT2D eigenvalue weighted by atomic mass is 16.5. The zero-order valence-electron chi connectivity index (χ0n) is 10.7. The van der Waals surface area contributed by atoms with Crippen molar-refractivity contribution in [2.24, 2.45) is 17.8 Å². The smallest absolute Gasteiger partial charge is 0.326 e. The maximum absolute atomic E-state index is 12.3. The molecule has 0 radical (unpaired) electrons. The molecule has 0 aromatic heterocycles. The molecule has 3 nitrogen and oxygen atoms in total. The second-order valence-corrected chi connectivity index (χ2v) is 6.10. The van der Waals surface area contributed by atoms with Gasteiger partial charge in [-0.15, -0.1) is 0 Å². The van der Waals surface area contributed by atoms with Gasteiger partial charge in [0.25, 0.3) is 0 Å². The minimum absolute atomic E-state index is 0.0212. The molecule has 3 aliphatic rings. The molecule has 3 saturated carbocycles. The van der Waals surface area contributed by atoms with Gasteiger partial charge in [-0.05, 0) is 63.3 Å². The number of rotatable bonds is 5. The predicted molar refractivity (Wildman–Crippen MR) is 65.5 cm³/mol. The Balaban J connectivity index is 1.72. The van der Waals surface area contributed by atoms with E-state index in [0.29, 0.717) is 12.5 Å². The molecule has 0 amide bonds. The lowest BCUT2D eigenvalue weighted by Gasteiger charge is -2.36. The van der Waals surface area contributed by atoms with Crippen LogP contribution in [0.3, 0.4) is 0 Å². The first-order valence-corrected chi connectivity index (χ1v) is 7.17. The van der Waals surface area contributed by atoms with Crippen molar-refractivity contribution in [1.29, 1.82) is 0 Å². The first-order valence-electron chi connectivity index (χ1n) is 7.17. The van der Waals surface area contributed by atoms with Gasteiger partial charge in [-0.2, -0.15) is 0 Å². The molecule has 3 atom stereocenters. The van der Waals surface area contributed by atoms with Crippen molar-refractivity contribution in [2.45, 2.75) is 51.0 Å². The normalized spacial score (nSPS) is 39.6. The van der Waals surface area contributed by atoms with E-state index in [1.807, 2.05) is 6.92 Å². The molecule has 3 heteroatoms. The van der Waals surface area contributed by atoms with Crippen molar-refractivity contribution < 1.29 is 9.53 Å². The van der Waals surface area contributed by atoms with Crippen LogP contribution in [-0.4, -0.2) is 24.7 Å². The van der Waals surface area contributed by atoms with Crippen molar-refractivity contribution in [1.82, 2.24) is 5.32 Å². The van der Waals surface area contributed by atoms with Gasteiger partial charge < -0.3 is 10.1 Å². The van der Waals surface area contributed by atoms with Crippen molar-refractivity contribution in [3.8, 4) is 0 Å². The van der Waals surface area contributed by atoms with Gasteiger partial charge in [0.15, 0.2) is 0 Å². The molecule has 3 aliphatic carbocycles. The number of hydrogen-bond donors (Lipinski definition) is 1.